The summed E-state index contributed by atoms with van der Waals surface area (Å²) in [6.45, 7) is 0. The third kappa shape index (κ3) is 2.97. The fourth-order valence-corrected chi connectivity index (χ4v) is 2.27. The summed E-state index contributed by atoms with van der Waals surface area (Å²) >= 11 is 0. The van der Waals surface area contributed by atoms with Crippen LogP contribution >= 0.6 is 0 Å². The van der Waals surface area contributed by atoms with Crippen LogP contribution in [0.2, 0.25) is 0 Å². The van der Waals surface area contributed by atoms with Gasteiger partial charge in [0, 0.05) is 6.20 Å². The van der Waals surface area contributed by atoms with Crippen LogP contribution in [0.3, 0.4) is 0 Å². The van der Waals surface area contributed by atoms with Crippen molar-refractivity contribution < 1.29 is 8.42 Å². The highest BCUT2D eigenvalue weighted by molar-refractivity contribution is 7.92. The molecule has 0 aliphatic rings. The first-order chi connectivity index (χ1) is 9.01. The first-order valence-corrected chi connectivity index (χ1v) is 6.60. The maximum Gasteiger partial charge on any atom is 0.263 e. The maximum absolute atomic E-state index is 12.0. The van der Waals surface area contributed by atoms with Crippen LogP contribution in [0.15, 0.2) is 41.6 Å². The highest BCUT2D eigenvalue weighted by atomic mass is 32.2. The van der Waals surface area contributed by atoms with Gasteiger partial charge in [0.2, 0.25) is 0 Å². The Bertz CT molecular complexity index is 717. The van der Waals surface area contributed by atoms with Gasteiger partial charge in [0.05, 0.1) is 11.9 Å². The molecule has 96 valence electrons. The molecule has 3 N–H and O–H groups in total. The largest absolute Gasteiger partial charge is 0.384 e. The number of nitriles is 1. The Hall–Kier alpha value is -2.66. The number of nitrogens with one attached hydrogen (secondary N) is 1. The van der Waals surface area contributed by atoms with E-state index < -0.39 is 10.0 Å². The lowest BCUT2D eigenvalue weighted by molar-refractivity contribution is 0.601. The molecule has 2 aromatic heterocycles. The Morgan fingerprint density at radius 3 is 2.47 bits per heavy atom. The summed E-state index contributed by atoms with van der Waals surface area (Å²) in [5.74, 6) is 0.294. The lowest BCUT2D eigenvalue weighted by Crippen LogP contribution is -2.13. The molecule has 0 bridgehead atoms. The number of aromatic nitrogens is 2. The molecule has 0 aliphatic heterocycles. The Morgan fingerprint density at radius 1 is 1.16 bits per heavy atom. The van der Waals surface area contributed by atoms with E-state index in [1.54, 1.807) is 0 Å². The number of rotatable bonds is 3. The molecular weight excluding hydrogens is 266 g/mol. The second-order valence-electron chi connectivity index (χ2n) is 3.57. The van der Waals surface area contributed by atoms with Crippen LogP contribution in [0.1, 0.15) is 5.69 Å². The standard InChI is InChI=1S/C11H9N5O2S/c12-5-8-1-3-10(7-14-8)19(17,18)16-9-2-4-11(13)15-6-9/h1-4,6-7,16H,(H2,13,15). The zero-order valence-corrected chi connectivity index (χ0v) is 10.4. The van der Waals surface area contributed by atoms with E-state index in [2.05, 4.69) is 14.7 Å². The minimum Gasteiger partial charge on any atom is -0.384 e. The Labute approximate surface area is 109 Å². The van der Waals surface area contributed by atoms with E-state index in [1.807, 2.05) is 6.07 Å². The zero-order chi connectivity index (χ0) is 13.9. The fraction of sp³-hybridized carbons (Fsp3) is 0. The van der Waals surface area contributed by atoms with Gasteiger partial charge >= 0.3 is 0 Å². The van der Waals surface area contributed by atoms with Crippen molar-refractivity contribution in [1.82, 2.24) is 9.97 Å². The summed E-state index contributed by atoms with van der Waals surface area (Å²) in [4.78, 5) is 7.44. The van der Waals surface area contributed by atoms with Gasteiger partial charge in [0.15, 0.2) is 0 Å². The summed E-state index contributed by atoms with van der Waals surface area (Å²) in [5.41, 5.74) is 5.84. The molecule has 0 spiro atoms. The number of hydrogen-bond donors (Lipinski definition) is 2. The van der Waals surface area contributed by atoms with Crippen LogP contribution in [0, 0.1) is 11.3 Å². The van der Waals surface area contributed by atoms with Gasteiger partial charge in [-0.3, -0.25) is 4.72 Å². The summed E-state index contributed by atoms with van der Waals surface area (Å²) in [6, 6.07) is 7.42. The van der Waals surface area contributed by atoms with E-state index in [0.29, 0.717) is 11.5 Å². The second kappa shape index (κ2) is 4.91. The number of anilines is 2. The van der Waals surface area contributed by atoms with Gasteiger partial charge in [-0.25, -0.2) is 18.4 Å². The molecule has 0 atom stereocenters. The van der Waals surface area contributed by atoms with E-state index in [4.69, 9.17) is 11.0 Å². The Balaban J connectivity index is 2.27. The number of sulfonamides is 1. The normalized spacial score (nSPS) is 10.7. The van der Waals surface area contributed by atoms with Crippen molar-refractivity contribution >= 4 is 21.5 Å². The van der Waals surface area contributed by atoms with Gasteiger partial charge in [0.25, 0.3) is 10.0 Å². The van der Waals surface area contributed by atoms with Crippen molar-refractivity contribution in [3.05, 3.63) is 42.4 Å². The Kier molecular flexibility index (Phi) is 3.31. The highest BCUT2D eigenvalue weighted by Crippen LogP contribution is 2.15. The number of hydrogen-bond acceptors (Lipinski definition) is 6. The third-order valence-corrected chi connectivity index (χ3v) is 3.57. The van der Waals surface area contributed by atoms with Crippen molar-refractivity contribution in [2.24, 2.45) is 0 Å². The highest BCUT2D eigenvalue weighted by Gasteiger charge is 2.14. The predicted molar refractivity (Wildman–Crippen MR) is 68.4 cm³/mol. The van der Waals surface area contributed by atoms with Gasteiger partial charge in [0.1, 0.15) is 22.5 Å². The van der Waals surface area contributed by atoms with Crippen LogP contribution in [0.4, 0.5) is 11.5 Å². The van der Waals surface area contributed by atoms with Gasteiger partial charge in [-0.05, 0) is 24.3 Å². The molecule has 0 amide bonds. The molecular formula is C11H9N5O2S. The lowest BCUT2D eigenvalue weighted by Gasteiger charge is -2.07. The van der Waals surface area contributed by atoms with Gasteiger partial charge in [-0.2, -0.15) is 5.26 Å². The van der Waals surface area contributed by atoms with Gasteiger partial charge < -0.3 is 5.73 Å². The van der Waals surface area contributed by atoms with E-state index in [-0.39, 0.29) is 10.6 Å². The molecule has 0 aliphatic carbocycles. The van der Waals surface area contributed by atoms with Crippen LogP contribution < -0.4 is 10.5 Å². The smallest absolute Gasteiger partial charge is 0.263 e. The number of nitrogen functional groups attached to an aromatic ring is 1. The average molecular weight is 275 g/mol. The topological polar surface area (TPSA) is 122 Å². The summed E-state index contributed by atoms with van der Waals surface area (Å²) < 4.78 is 26.3. The molecule has 7 nitrogen and oxygen atoms in total. The van der Waals surface area contributed by atoms with Crippen molar-refractivity contribution in [2.45, 2.75) is 4.90 Å². The van der Waals surface area contributed by atoms with Crippen LogP contribution in [-0.4, -0.2) is 18.4 Å². The van der Waals surface area contributed by atoms with Crippen LogP contribution in [0.5, 0.6) is 0 Å². The summed E-state index contributed by atoms with van der Waals surface area (Å²) in [6.07, 6.45) is 2.43. The quantitative estimate of drug-likeness (QED) is 0.851. The van der Waals surface area contributed by atoms with Crippen LogP contribution in [0.25, 0.3) is 0 Å². The molecule has 0 saturated heterocycles. The van der Waals surface area contributed by atoms with E-state index >= 15 is 0 Å². The molecule has 0 aromatic carbocycles. The summed E-state index contributed by atoms with van der Waals surface area (Å²) in [7, 11) is -3.75. The molecule has 0 unspecified atom stereocenters. The molecule has 8 heteroatoms. The second-order valence-corrected chi connectivity index (χ2v) is 5.25. The van der Waals surface area contributed by atoms with Crippen molar-refractivity contribution in [3.8, 4) is 6.07 Å². The predicted octanol–water partition coefficient (Wildman–Crippen LogP) is 0.731. The van der Waals surface area contributed by atoms with E-state index in [9.17, 15) is 8.42 Å². The first kappa shape index (κ1) is 12.8. The van der Waals surface area contributed by atoms with E-state index in [0.717, 1.165) is 6.20 Å². The zero-order valence-electron chi connectivity index (χ0n) is 9.61. The monoisotopic (exact) mass is 275 g/mol. The molecule has 2 rings (SSSR count). The maximum atomic E-state index is 12.0. The van der Waals surface area contributed by atoms with E-state index in [1.165, 1.54) is 30.5 Å². The minimum absolute atomic E-state index is 0.0386. The average Bonchev–Trinajstić information content (AvgIpc) is 2.41. The Morgan fingerprint density at radius 2 is 1.95 bits per heavy atom. The van der Waals surface area contributed by atoms with Gasteiger partial charge in [-0.15, -0.1) is 0 Å². The number of pyridine rings is 2. The number of nitrogens with zero attached hydrogens (tertiary/aromatic N) is 3. The molecule has 0 saturated carbocycles. The molecule has 2 aromatic rings. The number of nitrogens with two attached hydrogens (primary N) is 1. The lowest BCUT2D eigenvalue weighted by atomic mass is 10.4. The molecule has 0 fully saturated rings. The molecule has 0 radical (unpaired) electrons. The van der Waals surface area contributed by atoms with Crippen molar-refractivity contribution in [1.29, 1.82) is 5.26 Å². The van der Waals surface area contributed by atoms with Crippen molar-refractivity contribution in [2.75, 3.05) is 10.5 Å². The summed E-state index contributed by atoms with van der Waals surface area (Å²) in [5, 5.41) is 8.59. The SMILES string of the molecule is N#Cc1ccc(S(=O)(=O)Nc2ccc(N)nc2)cn1. The first-order valence-electron chi connectivity index (χ1n) is 5.12. The van der Waals surface area contributed by atoms with Gasteiger partial charge in [-0.1, -0.05) is 0 Å². The van der Waals surface area contributed by atoms with Crippen LogP contribution in [-0.2, 0) is 10.0 Å². The third-order valence-electron chi connectivity index (χ3n) is 2.20. The molecule has 2 heterocycles. The minimum atomic E-state index is -3.75. The molecule has 19 heavy (non-hydrogen) atoms. The van der Waals surface area contributed by atoms with Crippen molar-refractivity contribution in [3.63, 3.8) is 0 Å². The fourth-order valence-electron chi connectivity index (χ4n) is 1.29.